The van der Waals surface area contributed by atoms with E-state index < -0.39 is 0 Å². The molecule has 3 fully saturated rings. The highest BCUT2D eigenvalue weighted by Gasteiger charge is 2.42. The van der Waals surface area contributed by atoms with Crippen molar-refractivity contribution in [1.29, 1.82) is 0 Å². The van der Waals surface area contributed by atoms with Crippen molar-refractivity contribution in [2.75, 3.05) is 13.1 Å². The molecule has 1 saturated heterocycles. The van der Waals surface area contributed by atoms with E-state index in [0.29, 0.717) is 11.3 Å². The van der Waals surface area contributed by atoms with Gasteiger partial charge in [0.1, 0.15) is 0 Å². The third-order valence-corrected chi connectivity index (χ3v) is 6.60. The lowest BCUT2D eigenvalue weighted by Crippen LogP contribution is -2.55. The monoisotopic (exact) mass is 292 g/mol. The van der Waals surface area contributed by atoms with Gasteiger partial charge in [0.05, 0.1) is 5.92 Å². The minimum Gasteiger partial charge on any atom is -0.342 e. The molecule has 0 aromatic carbocycles. The first-order valence-electron chi connectivity index (χ1n) is 9.10. The molecule has 1 heterocycles. The van der Waals surface area contributed by atoms with Crippen LogP contribution < -0.4 is 5.73 Å². The fourth-order valence-electron chi connectivity index (χ4n) is 4.99. The summed E-state index contributed by atoms with van der Waals surface area (Å²) < 4.78 is 0. The van der Waals surface area contributed by atoms with Crippen molar-refractivity contribution in [3.63, 3.8) is 0 Å². The van der Waals surface area contributed by atoms with Gasteiger partial charge in [0.2, 0.25) is 5.91 Å². The number of hydrogen-bond donors (Lipinski definition) is 1. The summed E-state index contributed by atoms with van der Waals surface area (Å²) >= 11 is 0. The Hall–Kier alpha value is -0.570. The molecule has 0 bridgehead atoms. The molecule has 3 aliphatic rings. The number of rotatable bonds is 1. The molecular weight excluding hydrogens is 260 g/mol. The van der Waals surface area contributed by atoms with Gasteiger partial charge < -0.3 is 10.6 Å². The van der Waals surface area contributed by atoms with Crippen LogP contribution in [0, 0.1) is 11.3 Å². The van der Waals surface area contributed by atoms with E-state index in [-0.39, 0.29) is 11.5 Å². The average Bonchev–Trinajstić information content (AvgIpc) is 2.48. The van der Waals surface area contributed by atoms with Gasteiger partial charge in [-0.15, -0.1) is 0 Å². The lowest BCUT2D eigenvalue weighted by Gasteiger charge is -2.46. The lowest BCUT2D eigenvalue weighted by atomic mass is 9.67. The molecular formula is C18H32N2O. The van der Waals surface area contributed by atoms with Crippen molar-refractivity contribution in [3.05, 3.63) is 0 Å². The molecule has 2 atom stereocenters. The van der Waals surface area contributed by atoms with Crippen molar-refractivity contribution in [3.8, 4) is 0 Å². The van der Waals surface area contributed by atoms with Crippen LogP contribution in [-0.4, -0.2) is 29.4 Å². The predicted molar refractivity (Wildman–Crippen MR) is 85.9 cm³/mol. The normalized spacial score (nSPS) is 36.7. The van der Waals surface area contributed by atoms with E-state index in [4.69, 9.17) is 5.73 Å². The average molecular weight is 292 g/mol. The Labute approximate surface area is 129 Å². The number of nitrogens with zero attached hydrogens (tertiary/aromatic N) is 1. The van der Waals surface area contributed by atoms with Crippen LogP contribution in [0.15, 0.2) is 0 Å². The maximum Gasteiger partial charge on any atom is 0.227 e. The van der Waals surface area contributed by atoms with Crippen LogP contribution in [0.25, 0.3) is 0 Å². The molecule has 1 aliphatic heterocycles. The van der Waals surface area contributed by atoms with Gasteiger partial charge in [-0.2, -0.15) is 0 Å². The number of piperidine rings is 1. The second kappa shape index (κ2) is 5.91. The van der Waals surface area contributed by atoms with Gasteiger partial charge in [-0.1, -0.05) is 32.1 Å². The molecule has 1 spiro atoms. The molecule has 3 rings (SSSR count). The molecule has 120 valence electrons. The summed E-state index contributed by atoms with van der Waals surface area (Å²) in [6.07, 6.45) is 13.8. The minimum atomic E-state index is -0.282. The van der Waals surface area contributed by atoms with E-state index in [1.54, 1.807) is 0 Å². The second-order valence-electron chi connectivity index (χ2n) is 8.19. The van der Waals surface area contributed by atoms with E-state index >= 15 is 0 Å². The van der Waals surface area contributed by atoms with Gasteiger partial charge in [0.25, 0.3) is 0 Å². The molecule has 21 heavy (non-hydrogen) atoms. The maximum atomic E-state index is 12.9. The predicted octanol–water partition coefficient (Wildman–Crippen LogP) is 3.47. The molecule has 2 unspecified atom stereocenters. The Balaban J connectivity index is 1.59. The van der Waals surface area contributed by atoms with Crippen LogP contribution in [0.5, 0.6) is 0 Å². The summed E-state index contributed by atoms with van der Waals surface area (Å²) in [6, 6.07) is 0. The van der Waals surface area contributed by atoms with Gasteiger partial charge in [-0.3, -0.25) is 4.79 Å². The van der Waals surface area contributed by atoms with Crippen LogP contribution in [0.1, 0.15) is 77.6 Å². The number of hydrogen-bond acceptors (Lipinski definition) is 2. The third kappa shape index (κ3) is 3.13. The summed E-state index contributed by atoms with van der Waals surface area (Å²) in [5, 5.41) is 0. The fraction of sp³-hybridized carbons (Fsp3) is 0.944. The molecule has 2 aliphatic carbocycles. The Morgan fingerprint density at radius 1 is 0.952 bits per heavy atom. The topological polar surface area (TPSA) is 46.3 Å². The van der Waals surface area contributed by atoms with E-state index in [2.05, 4.69) is 11.8 Å². The second-order valence-corrected chi connectivity index (χ2v) is 8.19. The number of amides is 1. The largest absolute Gasteiger partial charge is 0.342 e. The summed E-state index contributed by atoms with van der Waals surface area (Å²) in [6.45, 7) is 4.04. The molecule has 2 N–H and O–H groups in total. The number of carbonyl (C=O) groups is 1. The van der Waals surface area contributed by atoms with Gasteiger partial charge in [0, 0.05) is 18.6 Å². The van der Waals surface area contributed by atoms with Gasteiger partial charge in [-0.05, 0) is 50.9 Å². The van der Waals surface area contributed by atoms with Crippen LogP contribution in [0.2, 0.25) is 0 Å². The third-order valence-electron chi connectivity index (χ3n) is 6.60. The summed E-state index contributed by atoms with van der Waals surface area (Å²) in [7, 11) is 0. The van der Waals surface area contributed by atoms with Crippen molar-refractivity contribution in [2.24, 2.45) is 17.1 Å². The van der Waals surface area contributed by atoms with Crippen molar-refractivity contribution in [2.45, 2.75) is 83.1 Å². The number of carbonyl (C=O) groups excluding carboxylic acids is 1. The molecule has 0 aromatic rings. The van der Waals surface area contributed by atoms with Crippen molar-refractivity contribution >= 4 is 5.91 Å². The Kier molecular flexibility index (Phi) is 4.31. The van der Waals surface area contributed by atoms with Crippen molar-refractivity contribution in [1.82, 2.24) is 4.90 Å². The fourth-order valence-corrected chi connectivity index (χ4v) is 4.99. The summed E-state index contributed by atoms with van der Waals surface area (Å²) in [5.41, 5.74) is 6.71. The number of likely N-dealkylation sites (tertiary alicyclic amines) is 1. The smallest absolute Gasteiger partial charge is 0.227 e. The first-order valence-corrected chi connectivity index (χ1v) is 9.10. The molecule has 0 radical (unpaired) electrons. The van der Waals surface area contributed by atoms with Crippen LogP contribution in [0.3, 0.4) is 0 Å². The van der Waals surface area contributed by atoms with E-state index in [1.807, 2.05) is 0 Å². The van der Waals surface area contributed by atoms with Crippen molar-refractivity contribution < 1.29 is 4.79 Å². The molecule has 3 heteroatoms. The highest BCUT2D eigenvalue weighted by atomic mass is 16.2. The van der Waals surface area contributed by atoms with E-state index in [1.165, 1.54) is 57.8 Å². The zero-order chi connectivity index (χ0) is 14.9. The first-order chi connectivity index (χ1) is 10.0. The minimum absolute atomic E-state index is 0.0617. The molecule has 3 nitrogen and oxygen atoms in total. The SMILES string of the molecule is CC1(N)CCCCC1C(=O)N1CCC2(CCCCC2)CC1. The zero-order valence-corrected chi connectivity index (χ0v) is 13.7. The Morgan fingerprint density at radius 2 is 1.57 bits per heavy atom. The summed E-state index contributed by atoms with van der Waals surface area (Å²) in [5.74, 6) is 0.414. The Bertz CT molecular complexity index is 375. The highest BCUT2D eigenvalue weighted by Crippen LogP contribution is 2.45. The Morgan fingerprint density at radius 3 is 2.19 bits per heavy atom. The molecule has 0 aromatic heterocycles. The lowest BCUT2D eigenvalue weighted by molar-refractivity contribution is -0.141. The van der Waals surface area contributed by atoms with E-state index in [0.717, 1.165) is 25.9 Å². The van der Waals surface area contributed by atoms with E-state index in [9.17, 15) is 4.79 Å². The maximum absolute atomic E-state index is 12.9. The highest BCUT2D eigenvalue weighted by molar-refractivity contribution is 5.80. The first kappa shape index (κ1) is 15.3. The molecule has 2 saturated carbocycles. The van der Waals surface area contributed by atoms with Gasteiger partial charge in [-0.25, -0.2) is 0 Å². The molecule has 1 amide bonds. The van der Waals surface area contributed by atoms with Gasteiger partial charge in [0.15, 0.2) is 0 Å². The number of nitrogens with two attached hydrogens (primary N) is 1. The zero-order valence-electron chi connectivity index (χ0n) is 13.7. The van der Waals surface area contributed by atoms with Crippen LogP contribution in [0.4, 0.5) is 0 Å². The van der Waals surface area contributed by atoms with Gasteiger partial charge >= 0.3 is 0 Å². The quantitative estimate of drug-likeness (QED) is 0.804. The van der Waals surface area contributed by atoms with Crippen LogP contribution in [-0.2, 0) is 4.79 Å². The standard InChI is InChI=1S/C18H32N2O/c1-17(19)8-6-3-7-15(17)16(21)20-13-11-18(12-14-20)9-4-2-5-10-18/h15H,2-14,19H2,1H3. The summed E-state index contributed by atoms with van der Waals surface area (Å²) in [4.78, 5) is 15.0. The van der Waals surface area contributed by atoms with Crippen LogP contribution >= 0.6 is 0 Å².